The van der Waals surface area contributed by atoms with E-state index in [2.05, 4.69) is 5.32 Å². The first-order chi connectivity index (χ1) is 9.40. The van der Waals surface area contributed by atoms with Crippen molar-refractivity contribution >= 4 is 17.8 Å². The van der Waals surface area contributed by atoms with E-state index in [1.165, 1.54) is 16.8 Å². The summed E-state index contributed by atoms with van der Waals surface area (Å²) in [4.78, 5) is 44.1. The number of nitrogens with one attached hydrogen (secondary N) is 1. The number of nitrogens with zero attached hydrogens (tertiary/aromatic N) is 1. The molecule has 3 N–H and O–H groups in total. The third-order valence-corrected chi connectivity index (χ3v) is 2.49. The van der Waals surface area contributed by atoms with E-state index in [0.29, 0.717) is 0 Å². The highest BCUT2D eigenvalue weighted by Gasteiger charge is 2.22. The molecular formula is C12H14N2O6. The van der Waals surface area contributed by atoms with Gasteiger partial charge in [-0.2, -0.15) is 0 Å². The Balaban J connectivity index is 2.54. The van der Waals surface area contributed by atoms with Gasteiger partial charge in [-0.25, -0.2) is 4.79 Å². The van der Waals surface area contributed by atoms with Crippen molar-refractivity contribution in [2.24, 2.45) is 0 Å². The minimum atomic E-state index is -1.48. The van der Waals surface area contributed by atoms with Crippen LogP contribution in [0.5, 0.6) is 0 Å². The van der Waals surface area contributed by atoms with E-state index in [9.17, 15) is 19.2 Å². The van der Waals surface area contributed by atoms with Gasteiger partial charge in [-0.05, 0) is 6.07 Å². The lowest BCUT2D eigenvalue weighted by atomic mass is 10.2. The number of aliphatic carboxylic acids is 2. The van der Waals surface area contributed by atoms with Crippen molar-refractivity contribution in [3.63, 3.8) is 0 Å². The van der Waals surface area contributed by atoms with Crippen molar-refractivity contribution < 1.29 is 24.6 Å². The molecule has 108 valence electrons. The van der Waals surface area contributed by atoms with Crippen LogP contribution < -0.4 is 10.9 Å². The highest BCUT2D eigenvalue weighted by atomic mass is 16.4. The molecule has 0 saturated heterocycles. The van der Waals surface area contributed by atoms with Crippen LogP contribution in [0.25, 0.3) is 0 Å². The number of carboxylic acids is 2. The summed E-state index contributed by atoms with van der Waals surface area (Å²) in [5, 5.41) is 19.4. The number of pyridine rings is 1. The van der Waals surface area contributed by atoms with Crippen molar-refractivity contribution in [1.82, 2.24) is 9.88 Å². The molecule has 0 aliphatic heterocycles. The van der Waals surface area contributed by atoms with Gasteiger partial charge in [0, 0.05) is 25.2 Å². The molecule has 8 heteroatoms. The first kappa shape index (κ1) is 15.4. The van der Waals surface area contributed by atoms with Crippen molar-refractivity contribution in [3.8, 4) is 0 Å². The third kappa shape index (κ3) is 4.92. The Hall–Kier alpha value is -2.64. The maximum atomic E-state index is 11.5. The normalized spacial score (nSPS) is 11.6. The maximum absolute atomic E-state index is 11.5. The lowest BCUT2D eigenvalue weighted by Gasteiger charge is -2.12. The average Bonchev–Trinajstić information content (AvgIpc) is 2.36. The first-order valence-electron chi connectivity index (χ1n) is 5.79. The zero-order chi connectivity index (χ0) is 15.1. The summed E-state index contributed by atoms with van der Waals surface area (Å²) in [5.41, 5.74) is -0.277. The molecular weight excluding hydrogens is 268 g/mol. The number of carbonyl (C=O) groups excluding carboxylic acids is 1. The fourth-order valence-electron chi connectivity index (χ4n) is 1.51. The number of aryl methyl sites for hydroxylation is 1. The highest BCUT2D eigenvalue weighted by molar-refractivity contribution is 5.86. The molecule has 1 heterocycles. The number of carboxylic acid groups (broad SMARTS) is 2. The molecule has 0 aromatic carbocycles. The van der Waals surface area contributed by atoms with Crippen LogP contribution in [0.15, 0.2) is 29.2 Å². The summed E-state index contributed by atoms with van der Waals surface area (Å²) in [6.07, 6.45) is 0.682. The lowest BCUT2D eigenvalue weighted by molar-refractivity contribution is -0.147. The van der Waals surface area contributed by atoms with Gasteiger partial charge in [0.2, 0.25) is 5.91 Å². The monoisotopic (exact) mass is 282 g/mol. The Bertz CT molecular complexity index is 565. The van der Waals surface area contributed by atoms with Crippen LogP contribution >= 0.6 is 0 Å². The minimum Gasteiger partial charge on any atom is -0.481 e. The number of hydrogen-bond donors (Lipinski definition) is 3. The Morgan fingerprint density at radius 3 is 2.50 bits per heavy atom. The predicted molar refractivity (Wildman–Crippen MR) is 67.1 cm³/mol. The summed E-state index contributed by atoms with van der Waals surface area (Å²) in [5.74, 6) is -3.37. The van der Waals surface area contributed by atoms with Crippen LogP contribution in [-0.2, 0) is 20.9 Å². The van der Waals surface area contributed by atoms with Gasteiger partial charge in [0.25, 0.3) is 5.56 Å². The molecule has 8 nitrogen and oxygen atoms in total. The summed E-state index contributed by atoms with van der Waals surface area (Å²) in [6.45, 7) is 0.0882. The molecule has 0 saturated carbocycles. The maximum Gasteiger partial charge on any atom is 0.326 e. The number of hydrogen-bond acceptors (Lipinski definition) is 4. The summed E-state index contributed by atoms with van der Waals surface area (Å²) in [7, 11) is 0. The smallest absolute Gasteiger partial charge is 0.326 e. The van der Waals surface area contributed by atoms with Crippen LogP contribution in [0.1, 0.15) is 12.8 Å². The molecule has 0 aliphatic carbocycles. The van der Waals surface area contributed by atoms with Crippen LogP contribution in [0.4, 0.5) is 0 Å². The highest BCUT2D eigenvalue weighted by Crippen LogP contribution is 1.95. The van der Waals surface area contributed by atoms with E-state index in [1.54, 1.807) is 12.1 Å². The van der Waals surface area contributed by atoms with Crippen molar-refractivity contribution in [2.75, 3.05) is 0 Å². The largest absolute Gasteiger partial charge is 0.481 e. The SMILES string of the molecule is O=C(O)CC(NC(=O)CCn1ccccc1=O)C(=O)O. The Morgan fingerprint density at radius 1 is 1.25 bits per heavy atom. The Labute approximate surface area is 113 Å². The van der Waals surface area contributed by atoms with Gasteiger partial charge in [-0.1, -0.05) is 6.07 Å². The average molecular weight is 282 g/mol. The van der Waals surface area contributed by atoms with Gasteiger partial charge >= 0.3 is 11.9 Å². The van der Waals surface area contributed by atoms with Crippen LogP contribution in [0, 0.1) is 0 Å². The zero-order valence-corrected chi connectivity index (χ0v) is 10.5. The number of aromatic nitrogens is 1. The Kier molecular flexibility index (Phi) is 5.45. The van der Waals surface area contributed by atoms with Gasteiger partial charge < -0.3 is 20.1 Å². The fraction of sp³-hybridized carbons (Fsp3) is 0.333. The second-order valence-corrected chi connectivity index (χ2v) is 4.04. The van der Waals surface area contributed by atoms with Gasteiger partial charge in [0.1, 0.15) is 6.04 Å². The van der Waals surface area contributed by atoms with E-state index in [-0.39, 0.29) is 18.5 Å². The van der Waals surface area contributed by atoms with E-state index in [4.69, 9.17) is 10.2 Å². The van der Waals surface area contributed by atoms with E-state index in [0.717, 1.165) is 0 Å². The van der Waals surface area contributed by atoms with E-state index < -0.39 is 30.3 Å². The molecule has 1 atom stereocenters. The summed E-state index contributed by atoms with van der Waals surface area (Å²) in [6, 6.07) is 3.05. The third-order valence-electron chi connectivity index (χ3n) is 2.49. The molecule has 0 spiro atoms. The number of carbonyl (C=O) groups is 3. The summed E-state index contributed by atoms with van der Waals surface area (Å²) >= 11 is 0. The quantitative estimate of drug-likeness (QED) is 0.606. The van der Waals surface area contributed by atoms with E-state index >= 15 is 0 Å². The molecule has 1 rings (SSSR count). The second-order valence-electron chi connectivity index (χ2n) is 4.04. The number of amides is 1. The predicted octanol–water partition coefficient (Wildman–Crippen LogP) is -0.718. The van der Waals surface area contributed by atoms with Crippen LogP contribution in [-0.4, -0.2) is 38.7 Å². The van der Waals surface area contributed by atoms with Crippen molar-refractivity contribution in [1.29, 1.82) is 0 Å². The Morgan fingerprint density at radius 2 is 1.95 bits per heavy atom. The fourth-order valence-corrected chi connectivity index (χ4v) is 1.51. The standard InChI is InChI=1S/C12H14N2O6/c15-9(13-8(12(19)20)7-11(17)18)4-6-14-5-2-1-3-10(14)16/h1-3,5,8H,4,6-7H2,(H,13,15)(H,17,18)(H,19,20). The van der Waals surface area contributed by atoms with Crippen molar-refractivity contribution in [2.45, 2.75) is 25.4 Å². The first-order valence-corrected chi connectivity index (χ1v) is 5.79. The lowest BCUT2D eigenvalue weighted by Crippen LogP contribution is -2.42. The summed E-state index contributed by atoms with van der Waals surface area (Å²) < 4.78 is 1.30. The van der Waals surface area contributed by atoms with Gasteiger partial charge in [-0.15, -0.1) is 0 Å². The zero-order valence-electron chi connectivity index (χ0n) is 10.5. The molecule has 0 fully saturated rings. The van der Waals surface area contributed by atoms with Gasteiger partial charge in [0.05, 0.1) is 6.42 Å². The van der Waals surface area contributed by atoms with Gasteiger partial charge in [0.15, 0.2) is 0 Å². The topological polar surface area (TPSA) is 126 Å². The molecule has 0 radical (unpaired) electrons. The van der Waals surface area contributed by atoms with Crippen LogP contribution in [0.2, 0.25) is 0 Å². The van der Waals surface area contributed by atoms with Gasteiger partial charge in [-0.3, -0.25) is 14.4 Å². The minimum absolute atomic E-state index is 0.0882. The number of rotatable bonds is 7. The molecule has 1 aromatic rings. The van der Waals surface area contributed by atoms with E-state index in [1.807, 2.05) is 0 Å². The van der Waals surface area contributed by atoms with Crippen molar-refractivity contribution in [3.05, 3.63) is 34.7 Å². The second kappa shape index (κ2) is 7.07. The van der Waals surface area contributed by atoms with Crippen LogP contribution in [0.3, 0.4) is 0 Å². The molecule has 1 aromatic heterocycles. The molecule has 0 aliphatic rings. The molecule has 1 unspecified atom stereocenters. The molecule has 0 bridgehead atoms. The molecule has 1 amide bonds. The molecule has 20 heavy (non-hydrogen) atoms.